The molecule has 4 heteroatoms. The highest BCUT2D eigenvalue weighted by atomic mass is 15.2. The first kappa shape index (κ1) is 14.5. The number of aromatic nitrogens is 2. The Morgan fingerprint density at radius 1 is 1.32 bits per heavy atom. The third kappa shape index (κ3) is 2.43. The maximum Gasteiger partial charge on any atom is 0.127 e. The topological polar surface area (TPSA) is 47.1 Å². The number of nitrogens with zero attached hydrogens (tertiary/aromatic N) is 3. The van der Waals surface area contributed by atoms with E-state index in [1.807, 2.05) is 12.4 Å². The van der Waals surface area contributed by atoms with Crippen molar-refractivity contribution in [1.29, 1.82) is 0 Å². The number of nitrogens with two attached hydrogens (primary N) is 1. The summed E-state index contributed by atoms with van der Waals surface area (Å²) in [6.07, 6.45) is 8.90. The van der Waals surface area contributed by atoms with Crippen molar-refractivity contribution in [1.82, 2.24) is 14.5 Å². The molecule has 1 unspecified atom stereocenters. The number of rotatable bonds is 6. The average molecular weight is 264 g/mol. The Hall–Kier alpha value is -0.870. The number of aryl methyl sites for hydroxylation is 1. The van der Waals surface area contributed by atoms with Crippen LogP contribution in [0, 0.1) is 0 Å². The Morgan fingerprint density at radius 3 is 2.47 bits per heavy atom. The summed E-state index contributed by atoms with van der Waals surface area (Å²) in [5.74, 6) is 1.05. The predicted molar refractivity (Wildman–Crippen MR) is 78.9 cm³/mol. The lowest BCUT2D eigenvalue weighted by Crippen LogP contribution is -2.54. The molecule has 0 amide bonds. The minimum absolute atomic E-state index is 0.0184. The van der Waals surface area contributed by atoms with Gasteiger partial charge in [0.05, 0.1) is 6.04 Å². The molecule has 1 atom stereocenters. The van der Waals surface area contributed by atoms with Gasteiger partial charge in [0, 0.05) is 24.5 Å². The van der Waals surface area contributed by atoms with Gasteiger partial charge in [-0.2, -0.15) is 0 Å². The van der Waals surface area contributed by atoms with Crippen LogP contribution >= 0.6 is 0 Å². The van der Waals surface area contributed by atoms with Gasteiger partial charge in [-0.1, -0.05) is 26.7 Å². The van der Waals surface area contributed by atoms with E-state index in [9.17, 15) is 0 Å². The lowest BCUT2D eigenvalue weighted by atomic mass is 9.85. The molecule has 2 rings (SSSR count). The fourth-order valence-corrected chi connectivity index (χ4v) is 3.77. The Morgan fingerprint density at radius 2 is 1.95 bits per heavy atom. The van der Waals surface area contributed by atoms with Crippen molar-refractivity contribution in [3.63, 3.8) is 0 Å². The smallest absolute Gasteiger partial charge is 0.127 e. The second-order valence-electron chi connectivity index (χ2n) is 5.53. The lowest BCUT2D eigenvalue weighted by molar-refractivity contribution is 0.0729. The third-order valence-corrected chi connectivity index (χ3v) is 4.81. The summed E-state index contributed by atoms with van der Waals surface area (Å²) in [7, 11) is 0. The summed E-state index contributed by atoms with van der Waals surface area (Å²) in [6, 6.07) is 0.0184. The maximum atomic E-state index is 6.68. The Balaban J connectivity index is 2.33. The predicted octanol–water partition coefficient (Wildman–Crippen LogP) is 2.56. The highest BCUT2D eigenvalue weighted by Gasteiger charge is 2.45. The van der Waals surface area contributed by atoms with Crippen LogP contribution in [-0.4, -0.2) is 33.1 Å². The summed E-state index contributed by atoms with van der Waals surface area (Å²) in [5, 5.41) is 0. The van der Waals surface area contributed by atoms with Gasteiger partial charge in [0.2, 0.25) is 0 Å². The quantitative estimate of drug-likeness (QED) is 0.859. The first-order valence-corrected chi connectivity index (χ1v) is 7.71. The summed E-state index contributed by atoms with van der Waals surface area (Å²) in [5.41, 5.74) is 6.80. The van der Waals surface area contributed by atoms with Gasteiger partial charge in [-0.25, -0.2) is 4.98 Å². The van der Waals surface area contributed by atoms with Crippen LogP contribution in [0.25, 0.3) is 0 Å². The lowest BCUT2D eigenvalue weighted by Gasteiger charge is -2.44. The van der Waals surface area contributed by atoms with Gasteiger partial charge in [0.25, 0.3) is 0 Å². The van der Waals surface area contributed by atoms with E-state index in [1.54, 1.807) is 0 Å². The van der Waals surface area contributed by atoms with Crippen LogP contribution in [0.3, 0.4) is 0 Å². The van der Waals surface area contributed by atoms with Crippen molar-refractivity contribution >= 4 is 0 Å². The van der Waals surface area contributed by atoms with E-state index in [0.29, 0.717) is 0 Å². The maximum absolute atomic E-state index is 6.68. The Bertz CT molecular complexity index is 389. The van der Waals surface area contributed by atoms with Gasteiger partial charge in [0.15, 0.2) is 0 Å². The molecule has 1 aliphatic carbocycles. The SMILES string of the molecule is CCN(CC)C1(C(N)c2nccn2CC)CCCC1. The van der Waals surface area contributed by atoms with Crippen molar-refractivity contribution in [2.75, 3.05) is 13.1 Å². The van der Waals surface area contributed by atoms with Gasteiger partial charge in [-0.15, -0.1) is 0 Å². The van der Waals surface area contributed by atoms with Gasteiger partial charge in [-0.3, -0.25) is 4.90 Å². The molecule has 4 nitrogen and oxygen atoms in total. The van der Waals surface area contributed by atoms with Crippen molar-refractivity contribution in [3.05, 3.63) is 18.2 Å². The van der Waals surface area contributed by atoms with Gasteiger partial charge < -0.3 is 10.3 Å². The summed E-state index contributed by atoms with van der Waals surface area (Å²) in [6.45, 7) is 9.70. The molecule has 108 valence electrons. The fourth-order valence-electron chi connectivity index (χ4n) is 3.77. The minimum Gasteiger partial charge on any atom is -0.334 e. The van der Waals surface area contributed by atoms with Crippen molar-refractivity contribution in [2.45, 2.75) is 64.6 Å². The first-order valence-electron chi connectivity index (χ1n) is 7.71. The van der Waals surface area contributed by atoms with Crippen LogP contribution in [-0.2, 0) is 6.54 Å². The van der Waals surface area contributed by atoms with Crippen LogP contribution in [0.15, 0.2) is 12.4 Å². The highest BCUT2D eigenvalue weighted by molar-refractivity contribution is 5.12. The molecule has 0 spiro atoms. The van der Waals surface area contributed by atoms with E-state index in [4.69, 9.17) is 5.73 Å². The summed E-state index contributed by atoms with van der Waals surface area (Å²) in [4.78, 5) is 7.09. The molecule has 1 aliphatic rings. The van der Waals surface area contributed by atoms with E-state index in [-0.39, 0.29) is 11.6 Å². The van der Waals surface area contributed by atoms with E-state index < -0.39 is 0 Å². The van der Waals surface area contributed by atoms with Crippen LogP contribution < -0.4 is 5.73 Å². The largest absolute Gasteiger partial charge is 0.334 e. The van der Waals surface area contributed by atoms with Crippen molar-refractivity contribution in [2.24, 2.45) is 5.73 Å². The molecule has 2 N–H and O–H groups in total. The van der Waals surface area contributed by atoms with Crippen LogP contribution in [0.2, 0.25) is 0 Å². The monoisotopic (exact) mass is 264 g/mol. The summed E-state index contributed by atoms with van der Waals surface area (Å²) >= 11 is 0. The first-order chi connectivity index (χ1) is 9.19. The van der Waals surface area contributed by atoms with Crippen molar-refractivity contribution < 1.29 is 0 Å². The van der Waals surface area contributed by atoms with E-state index in [2.05, 4.69) is 35.2 Å². The molecule has 1 heterocycles. The number of likely N-dealkylation sites (N-methyl/N-ethyl adjacent to an activating group) is 1. The molecule has 0 aliphatic heterocycles. The standard InChI is InChI=1S/C15H28N4/c1-4-18-12-11-17-14(18)13(16)15(9-7-8-10-15)19(5-2)6-3/h11-13H,4-10,16H2,1-3H3. The van der Waals surface area contributed by atoms with Crippen molar-refractivity contribution in [3.8, 4) is 0 Å². The van der Waals surface area contributed by atoms with Crippen LogP contribution in [0.5, 0.6) is 0 Å². The van der Waals surface area contributed by atoms with E-state index in [0.717, 1.165) is 25.5 Å². The molecular weight excluding hydrogens is 236 g/mol. The van der Waals surface area contributed by atoms with Crippen LogP contribution in [0.1, 0.15) is 58.3 Å². The van der Waals surface area contributed by atoms with Gasteiger partial charge >= 0.3 is 0 Å². The zero-order valence-corrected chi connectivity index (χ0v) is 12.6. The molecule has 1 aromatic heterocycles. The number of imidazole rings is 1. The molecule has 0 bridgehead atoms. The second kappa shape index (κ2) is 6.06. The third-order valence-electron chi connectivity index (χ3n) is 4.81. The molecule has 0 saturated heterocycles. The van der Waals surface area contributed by atoms with Gasteiger partial charge in [-0.05, 0) is 32.9 Å². The molecule has 1 aromatic rings. The Kier molecular flexibility index (Phi) is 4.63. The Labute approximate surface area is 117 Å². The molecule has 0 aromatic carbocycles. The van der Waals surface area contributed by atoms with E-state index >= 15 is 0 Å². The summed E-state index contributed by atoms with van der Waals surface area (Å²) < 4.78 is 2.19. The fraction of sp³-hybridized carbons (Fsp3) is 0.800. The van der Waals surface area contributed by atoms with Gasteiger partial charge in [0.1, 0.15) is 5.82 Å². The van der Waals surface area contributed by atoms with Crippen LogP contribution in [0.4, 0.5) is 0 Å². The normalized spacial score (nSPS) is 20.1. The second-order valence-corrected chi connectivity index (χ2v) is 5.53. The minimum atomic E-state index is 0.0184. The molecular formula is C15H28N4. The molecule has 1 fully saturated rings. The molecule has 0 radical (unpaired) electrons. The zero-order valence-electron chi connectivity index (χ0n) is 12.6. The number of hydrogen-bond acceptors (Lipinski definition) is 3. The zero-order chi connectivity index (χ0) is 13.9. The van der Waals surface area contributed by atoms with E-state index in [1.165, 1.54) is 25.7 Å². The highest BCUT2D eigenvalue weighted by Crippen LogP contribution is 2.42. The average Bonchev–Trinajstić information content (AvgIpc) is 3.08. The molecule has 19 heavy (non-hydrogen) atoms. The molecule has 1 saturated carbocycles. The number of hydrogen-bond donors (Lipinski definition) is 1.